The van der Waals surface area contributed by atoms with E-state index in [9.17, 15) is 4.79 Å². The molecule has 1 aromatic heterocycles. The van der Waals surface area contributed by atoms with Crippen LogP contribution in [-0.2, 0) is 0 Å². The standard InChI is InChI=1S/C11H9N3O/c12-11-10(13-5-6-14-11)9-4-2-1-3-8(9)7-15/h1-7H,(H2,12,14). The zero-order chi connectivity index (χ0) is 10.7. The van der Waals surface area contributed by atoms with Gasteiger partial charge in [0.25, 0.3) is 0 Å². The zero-order valence-electron chi connectivity index (χ0n) is 7.92. The Kier molecular flexibility index (Phi) is 2.41. The van der Waals surface area contributed by atoms with Crippen molar-refractivity contribution >= 4 is 12.1 Å². The van der Waals surface area contributed by atoms with Gasteiger partial charge < -0.3 is 5.73 Å². The zero-order valence-corrected chi connectivity index (χ0v) is 7.92. The maximum Gasteiger partial charge on any atom is 0.150 e. The Morgan fingerprint density at radius 1 is 1.13 bits per heavy atom. The first-order chi connectivity index (χ1) is 7.33. The highest BCUT2D eigenvalue weighted by atomic mass is 16.1. The van der Waals surface area contributed by atoms with Crippen LogP contribution in [0.2, 0.25) is 0 Å². The van der Waals surface area contributed by atoms with Crippen LogP contribution in [0.4, 0.5) is 5.82 Å². The van der Waals surface area contributed by atoms with Crippen LogP contribution >= 0.6 is 0 Å². The van der Waals surface area contributed by atoms with Crippen LogP contribution < -0.4 is 5.73 Å². The Hall–Kier alpha value is -2.23. The van der Waals surface area contributed by atoms with Gasteiger partial charge in [-0.3, -0.25) is 9.78 Å². The maximum atomic E-state index is 10.8. The van der Waals surface area contributed by atoms with Crippen molar-refractivity contribution < 1.29 is 4.79 Å². The van der Waals surface area contributed by atoms with Crippen LogP contribution in [0, 0.1) is 0 Å². The van der Waals surface area contributed by atoms with Crippen LogP contribution in [0.3, 0.4) is 0 Å². The number of hydrogen-bond acceptors (Lipinski definition) is 4. The molecule has 74 valence electrons. The molecule has 0 bridgehead atoms. The predicted molar refractivity (Wildman–Crippen MR) is 57.3 cm³/mol. The number of carbonyl (C=O) groups is 1. The summed E-state index contributed by atoms with van der Waals surface area (Å²) in [4.78, 5) is 18.9. The topological polar surface area (TPSA) is 68.9 Å². The number of aromatic nitrogens is 2. The molecule has 1 heterocycles. The Balaban J connectivity index is 2.64. The highest BCUT2D eigenvalue weighted by Crippen LogP contribution is 2.23. The molecule has 1 aromatic carbocycles. The molecular formula is C11H9N3O. The largest absolute Gasteiger partial charge is 0.382 e. The molecule has 0 saturated carbocycles. The van der Waals surface area contributed by atoms with E-state index < -0.39 is 0 Å². The van der Waals surface area contributed by atoms with Crippen molar-refractivity contribution in [2.24, 2.45) is 0 Å². The minimum absolute atomic E-state index is 0.326. The molecule has 2 rings (SSSR count). The van der Waals surface area contributed by atoms with Gasteiger partial charge in [0.05, 0.1) is 0 Å². The van der Waals surface area contributed by atoms with Crippen molar-refractivity contribution in [2.45, 2.75) is 0 Å². The van der Waals surface area contributed by atoms with E-state index in [1.54, 1.807) is 24.4 Å². The highest BCUT2D eigenvalue weighted by Gasteiger charge is 2.08. The number of hydrogen-bond donors (Lipinski definition) is 1. The van der Waals surface area contributed by atoms with Crippen molar-refractivity contribution in [3.05, 3.63) is 42.2 Å². The molecule has 4 nitrogen and oxygen atoms in total. The van der Waals surface area contributed by atoms with E-state index in [0.29, 0.717) is 22.6 Å². The number of benzene rings is 1. The van der Waals surface area contributed by atoms with Crippen molar-refractivity contribution in [1.82, 2.24) is 9.97 Å². The third-order valence-corrected chi connectivity index (χ3v) is 2.07. The normalized spacial score (nSPS) is 9.87. The highest BCUT2D eigenvalue weighted by molar-refractivity contribution is 5.88. The number of nitrogens with two attached hydrogens (primary N) is 1. The third kappa shape index (κ3) is 1.69. The maximum absolute atomic E-state index is 10.8. The van der Waals surface area contributed by atoms with Crippen LogP contribution in [0.1, 0.15) is 10.4 Å². The van der Waals surface area contributed by atoms with E-state index in [2.05, 4.69) is 9.97 Å². The molecule has 0 aliphatic heterocycles. The molecule has 0 saturated heterocycles. The SMILES string of the molecule is Nc1nccnc1-c1ccccc1C=O. The molecule has 0 aliphatic rings. The van der Waals surface area contributed by atoms with Crippen molar-refractivity contribution in [3.63, 3.8) is 0 Å². The van der Waals surface area contributed by atoms with Crippen molar-refractivity contribution in [2.75, 3.05) is 5.73 Å². The minimum atomic E-state index is 0.326. The lowest BCUT2D eigenvalue weighted by atomic mass is 10.1. The Morgan fingerprint density at radius 3 is 2.60 bits per heavy atom. The monoisotopic (exact) mass is 199 g/mol. The predicted octanol–water partition coefficient (Wildman–Crippen LogP) is 1.54. The van der Waals surface area contributed by atoms with Gasteiger partial charge in [-0.2, -0.15) is 0 Å². The lowest BCUT2D eigenvalue weighted by molar-refractivity contribution is 0.112. The number of nitrogens with zero attached hydrogens (tertiary/aromatic N) is 2. The second-order valence-electron chi connectivity index (χ2n) is 3.00. The summed E-state index contributed by atoms with van der Waals surface area (Å²) in [5.74, 6) is 0.326. The second-order valence-corrected chi connectivity index (χ2v) is 3.00. The first-order valence-corrected chi connectivity index (χ1v) is 4.44. The molecule has 0 fully saturated rings. The van der Waals surface area contributed by atoms with E-state index in [-0.39, 0.29) is 0 Å². The summed E-state index contributed by atoms with van der Waals surface area (Å²) in [5.41, 5.74) is 7.49. The molecule has 0 amide bonds. The van der Waals surface area contributed by atoms with E-state index in [1.807, 2.05) is 6.07 Å². The number of rotatable bonds is 2. The Bertz CT molecular complexity index is 497. The van der Waals surface area contributed by atoms with Crippen LogP contribution in [-0.4, -0.2) is 16.3 Å². The first-order valence-electron chi connectivity index (χ1n) is 4.44. The van der Waals surface area contributed by atoms with Gasteiger partial charge in [-0.25, -0.2) is 4.98 Å². The van der Waals surface area contributed by atoms with Gasteiger partial charge in [0.15, 0.2) is 6.29 Å². The fraction of sp³-hybridized carbons (Fsp3) is 0. The summed E-state index contributed by atoms with van der Waals surface area (Å²) in [5, 5.41) is 0. The van der Waals surface area contributed by atoms with Crippen LogP contribution in [0.5, 0.6) is 0 Å². The molecule has 0 aliphatic carbocycles. The van der Waals surface area contributed by atoms with Crippen LogP contribution in [0.25, 0.3) is 11.3 Å². The van der Waals surface area contributed by atoms with Crippen molar-refractivity contribution in [3.8, 4) is 11.3 Å². The van der Waals surface area contributed by atoms with Gasteiger partial charge in [-0.1, -0.05) is 24.3 Å². The van der Waals surface area contributed by atoms with E-state index in [4.69, 9.17) is 5.73 Å². The lowest BCUT2D eigenvalue weighted by Crippen LogP contribution is -1.98. The molecular weight excluding hydrogens is 190 g/mol. The first kappa shape index (κ1) is 9.33. The van der Waals surface area contributed by atoms with Gasteiger partial charge in [0.2, 0.25) is 0 Å². The van der Waals surface area contributed by atoms with E-state index in [1.165, 1.54) is 6.20 Å². The average molecular weight is 199 g/mol. The van der Waals surface area contributed by atoms with Gasteiger partial charge in [0, 0.05) is 23.5 Å². The average Bonchev–Trinajstić information content (AvgIpc) is 2.30. The van der Waals surface area contributed by atoms with E-state index >= 15 is 0 Å². The minimum Gasteiger partial charge on any atom is -0.382 e. The molecule has 2 N–H and O–H groups in total. The Morgan fingerprint density at radius 2 is 1.87 bits per heavy atom. The number of anilines is 1. The molecule has 0 atom stereocenters. The fourth-order valence-electron chi connectivity index (χ4n) is 1.37. The van der Waals surface area contributed by atoms with Crippen molar-refractivity contribution in [1.29, 1.82) is 0 Å². The fourth-order valence-corrected chi connectivity index (χ4v) is 1.37. The Labute approximate surface area is 86.8 Å². The molecule has 4 heteroatoms. The summed E-state index contributed by atoms with van der Waals surface area (Å²) < 4.78 is 0. The van der Waals surface area contributed by atoms with E-state index in [0.717, 1.165) is 6.29 Å². The van der Waals surface area contributed by atoms with Gasteiger partial charge in [-0.05, 0) is 0 Å². The summed E-state index contributed by atoms with van der Waals surface area (Å²) in [6.45, 7) is 0. The molecule has 2 aromatic rings. The molecule has 0 spiro atoms. The van der Waals surface area contributed by atoms with Gasteiger partial charge >= 0.3 is 0 Å². The van der Waals surface area contributed by atoms with Gasteiger partial charge in [-0.15, -0.1) is 0 Å². The second kappa shape index (κ2) is 3.88. The summed E-state index contributed by atoms with van der Waals surface area (Å²) in [6, 6.07) is 7.14. The number of carbonyl (C=O) groups excluding carboxylic acids is 1. The number of nitrogen functional groups attached to an aromatic ring is 1. The molecule has 15 heavy (non-hydrogen) atoms. The lowest BCUT2D eigenvalue weighted by Gasteiger charge is -2.05. The summed E-state index contributed by atoms with van der Waals surface area (Å²) in [7, 11) is 0. The molecule has 0 radical (unpaired) electrons. The van der Waals surface area contributed by atoms with Gasteiger partial charge in [0.1, 0.15) is 11.5 Å². The number of aldehydes is 1. The van der Waals surface area contributed by atoms with Crippen LogP contribution in [0.15, 0.2) is 36.7 Å². The quantitative estimate of drug-likeness (QED) is 0.745. The third-order valence-electron chi connectivity index (χ3n) is 2.07. The summed E-state index contributed by atoms with van der Waals surface area (Å²) >= 11 is 0. The smallest absolute Gasteiger partial charge is 0.150 e. The molecule has 0 unspecified atom stereocenters. The summed E-state index contributed by atoms with van der Waals surface area (Å²) in [6.07, 6.45) is 3.85.